The van der Waals surface area contributed by atoms with E-state index in [1.165, 1.54) is 0 Å². The van der Waals surface area contributed by atoms with Crippen molar-refractivity contribution in [2.45, 2.75) is 0 Å². The van der Waals surface area contributed by atoms with E-state index in [2.05, 4.69) is 0 Å². The Kier molecular flexibility index (Phi) is 7.97. The number of nitrogens with two attached hydrogens (primary N) is 1. The van der Waals surface area contributed by atoms with Gasteiger partial charge in [-0.3, -0.25) is 9.11 Å². The topological polar surface area (TPSA) is 169 Å². The molecule has 0 unspecified atom stereocenters. The van der Waals surface area contributed by atoms with Crippen LogP contribution in [-0.4, -0.2) is 57.4 Å². The van der Waals surface area contributed by atoms with E-state index in [1.807, 2.05) is 30.3 Å². The molecule has 0 spiro atoms. The van der Waals surface area contributed by atoms with E-state index in [1.54, 1.807) is 0 Å². The molecule has 4 N–H and O–H groups in total. The Morgan fingerprint density at radius 3 is 1.32 bits per heavy atom. The van der Waals surface area contributed by atoms with Gasteiger partial charge in [0.25, 0.3) is 20.2 Å². The molecule has 1 aromatic carbocycles. The Labute approximate surface area is 129 Å². The maximum atomic E-state index is 11.0. The van der Waals surface area contributed by atoms with Crippen LogP contribution in [0.1, 0.15) is 0 Å². The molecule has 0 atom stereocenters. The first-order valence-corrected chi connectivity index (χ1v) is 10.8. The van der Waals surface area contributed by atoms with Crippen LogP contribution in [0.15, 0.2) is 30.3 Å². The predicted octanol–water partition coefficient (Wildman–Crippen LogP) is -0.554. The normalized spacial score (nSPS) is 12.3. The molecule has 128 valence electrons. The molecule has 0 bridgehead atoms. The van der Waals surface area contributed by atoms with Gasteiger partial charge in [0.05, 0.1) is 23.0 Å². The highest BCUT2D eigenvalue weighted by Gasteiger charge is 2.18. The minimum atomic E-state index is -4.40. The van der Waals surface area contributed by atoms with Crippen LogP contribution in [0.2, 0.25) is 0 Å². The summed E-state index contributed by atoms with van der Waals surface area (Å²) in [5.41, 5.74) is 6.18. The molecule has 0 aliphatic carbocycles. The number of rotatable bonds is 6. The van der Waals surface area contributed by atoms with Crippen LogP contribution in [0.25, 0.3) is 0 Å². The minimum absolute atomic E-state index is 0.822. The fourth-order valence-corrected chi connectivity index (χ4v) is 4.94. The van der Waals surface area contributed by atoms with E-state index < -0.39 is 53.1 Å². The van der Waals surface area contributed by atoms with Gasteiger partial charge < -0.3 is 5.73 Å². The summed E-state index contributed by atoms with van der Waals surface area (Å²) >= 11 is 0. The van der Waals surface area contributed by atoms with E-state index in [4.69, 9.17) is 14.8 Å². The minimum Gasteiger partial charge on any atom is -0.399 e. The second kappa shape index (κ2) is 8.43. The molecule has 0 amide bonds. The van der Waals surface area contributed by atoms with Gasteiger partial charge in [-0.15, -0.1) is 0 Å². The van der Waals surface area contributed by atoms with E-state index in [9.17, 15) is 25.3 Å². The van der Waals surface area contributed by atoms with Gasteiger partial charge in [0.2, 0.25) is 0 Å². The smallest absolute Gasteiger partial charge is 0.265 e. The third-order valence-electron chi connectivity index (χ3n) is 2.10. The monoisotopic (exact) mass is 375 g/mol. The van der Waals surface area contributed by atoms with E-state index >= 15 is 0 Å². The molecule has 22 heavy (non-hydrogen) atoms. The third-order valence-corrected chi connectivity index (χ3v) is 5.71. The van der Waals surface area contributed by atoms with Crippen molar-refractivity contribution >= 4 is 35.8 Å². The van der Waals surface area contributed by atoms with Crippen LogP contribution in [-0.2, 0) is 30.1 Å². The second-order valence-corrected chi connectivity index (χ2v) is 9.58. The zero-order valence-corrected chi connectivity index (χ0v) is 13.8. The van der Waals surface area contributed by atoms with E-state index in [-0.39, 0.29) is 0 Å². The summed E-state index contributed by atoms with van der Waals surface area (Å²) in [4.78, 5) is 0. The van der Waals surface area contributed by atoms with Gasteiger partial charge in [0.15, 0.2) is 9.84 Å². The van der Waals surface area contributed by atoms with Gasteiger partial charge in [0, 0.05) is 5.69 Å². The highest BCUT2D eigenvalue weighted by molar-refractivity contribution is 7.94. The molecule has 0 aliphatic rings. The summed E-state index contributed by atoms with van der Waals surface area (Å²) in [6, 6.07) is 9.49. The van der Waals surface area contributed by atoms with Crippen LogP contribution in [0.5, 0.6) is 0 Å². The molecule has 1 aromatic rings. The Hall–Kier alpha value is -1.21. The van der Waals surface area contributed by atoms with Gasteiger partial charge in [0.1, 0.15) is 0 Å². The molecule has 12 heteroatoms. The average molecular weight is 375 g/mol. The van der Waals surface area contributed by atoms with Crippen molar-refractivity contribution in [2.24, 2.45) is 0 Å². The number of hydrogen-bond donors (Lipinski definition) is 3. The van der Waals surface area contributed by atoms with Crippen molar-refractivity contribution in [3.05, 3.63) is 30.3 Å². The fourth-order valence-electron chi connectivity index (χ4n) is 1.02. The van der Waals surface area contributed by atoms with Crippen LogP contribution < -0.4 is 5.73 Å². The molecule has 0 heterocycles. The second-order valence-electron chi connectivity index (χ2n) is 4.13. The van der Waals surface area contributed by atoms with Crippen molar-refractivity contribution < 1.29 is 34.4 Å². The molecular formula is C10H17NO8S3. The zero-order chi connectivity index (χ0) is 17.4. The molecule has 1 rings (SSSR count). The quantitative estimate of drug-likeness (QED) is 0.436. The number of sulfone groups is 1. The summed E-state index contributed by atoms with van der Waals surface area (Å²) < 4.78 is 79.3. The van der Waals surface area contributed by atoms with Crippen molar-refractivity contribution in [1.29, 1.82) is 0 Å². The van der Waals surface area contributed by atoms with Crippen molar-refractivity contribution in [3.63, 3.8) is 0 Å². The zero-order valence-electron chi connectivity index (χ0n) is 11.4. The summed E-state index contributed by atoms with van der Waals surface area (Å²) in [5.74, 6) is -3.77. The van der Waals surface area contributed by atoms with E-state index in [0.29, 0.717) is 0 Å². The molecule has 0 radical (unpaired) electrons. The molecule has 9 nitrogen and oxygen atoms in total. The Bertz CT molecular complexity index is 712. The van der Waals surface area contributed by atoms with Crippen molar-refractivity contribution in [1.82, 2.24) is 0 Å². The Morgan fingerprint density at radius 2 is 1.09 bits per heavy atom. The fraction of sp³-hybridized carbons (Fsp3) is 0.400. The number of benzene rings is 1. The SMILES string of the molecule is Nc1ccccc1.O=S(=O)(O)CCS(=O)(=O)CCS(=O)(=O)O. The molecule has 0 saturated carbocycles. The van der Waals surface area contributed by atoms with Crippen LogP contribution in [0, 0.1) is 0 Å². The van der Waals surface area contributed by atoms with Gasteiger partial charge in [-0.2, -0.15) is 16.8 Å². The summed E-state index contributed by atoms with van der Waals surface area (Å²) in [6.07, 6.45) is 0. The Balaban J connectivity index is 0.000000518. The van der Waals surface area contributed by atoms with Crippen LogP contribution in [0.3, 0.4) is 0 Å². The lowest BCUT2D eigenvalue weighted by molar-refractivity contribution is 0.483. The first kappa shape index (κ1) is 20.8. The first-order chi connectivity index (χ1) is 9.81. The third kappa shape index (κ3) is 13.8. The predicted molar refractivity (Wildman–Crippen MR) is 82.3 cm³/mol. The van der Waals surface area contributed by atoms with Crippen LogP contribution in [0.4, 0.5) is 5.69 Å². The molecule has 0 saturated heterocycles. The summed E-state index contributed by atoms with van der Waals surface area (Å²) in [5, 5.41) is 0. The molecule has 0 aliphatic heterocycles. The standard InChI is InChI=1S/C6H7N.C4H10O8S3/c7-6-4-2-1-3-5-6;5-13(6,1-3-14(7,8)9)2-4-15(10,11)12/h1-5H,7H2;1-4H2,(H,7,8,9)(H,10,11,12). The van der Waals surface area contributed by atoms with E-state index in [0.717, 1.165) is 5.69 Å². The lowest BCUT2D eigenvalue weighted by atomic mass is 10.3. The maximum Gasteiger partial charge on any atom is 0.265 e. The molecule has 0 aromatic heterocycles. The number of anilines is 1. The highest BCUT2D eigenvalue weighted by Crippen LogP contribution is 1.96. The maximum absolute atomic E-state index is 11.0. The number of nitrogen functional groups attached to an aromatic ring is 1. The largest absolute Gasteiger partial charge is 0.399 e. The lowest BCUT2D eigenvalue weighted by Crippen LogP contribution is -2.23. The first-order valence-electron chi connectivity index (χ1n) is 5.72. The van der Waals surface area contributed by atoms with Gasteiger partial charge >= 0.3 is 0 Å². The van der Waals surface area contributed by atoms with Gasteiger partial charge in [-0.1, -0.05) is 18.2 Å². The summed E-state index contributed by atoms with van der Waals surface area (Å²) in [6.45, 7) is 0. The Morgan fingerprint density at radius 1 is 0.727 bits per heavy atom. The molecule has 0 fully saturated rings. The summed E-state index contributed by atoms with van der Waals surface area (Å²) in [7, 11) is -12.7. The van der Waals surface area contributed by atoms with Gasteiger partial charge in [-0.05, 0) is 12.1 Å². The number of para-hydroxylation sites is 1. The number of hydrogen-bond acceptors (Lipinski definition) is 7. The average Bonchev–Trinajstić information content (AvgIpc) is 2.35. The lowest BCUT2D eigenvalue weighted by Gasteiger charge is -2.01. The van der Waals surface area contributed by atoms with Gasteiger partial charge in [-0.25, -0.2) is 8.42 Å². The molecular weight excluding hydrogens is 358 g/mol. The van der Waals surface area contributed by atoms with Crippen LogP contribution >= 0.6 is 0 Å². The van der Waals surface area contributed by atoms with Crippen molar-refractivity contribution in [3.8, 4) is 0 Å². The van der Waals surface area contributed by atoms with Crippen molar-refractivity contribution in [2.75, 3.05) is 28.7 Å². The highest BCUT2D eigenvalue weighted by atomic mass is 32.2.